The zero-order chi connectivity index (χ0) is 12.5. The molecule has 2 rings (SSSR count). The van der Waals surface area contributed by atoms with Crippen molar-refractivity contribution in [3.8, 4) is 11.1 Å². The summed E-state index contributed by atoms with van der Waals surface area (Å²) in [6, 6.07) is 7.87. The summed E-state index contributed by atoms with van der Waals surface area (Å²) < 4.78 is 1.99. The number of rotatable bonds is 2. The van der Waals surface area contributed by atoms with E-state index in [9.17, 15) is 0 Å². The van der Waals surface area contributed by atoms with E-state index >= 15 is 0 Å². The van der Waals surface area contributed by atoms with Crippen LogP contribution in [-0.2, 0) is 6.54 Å². The van der Waals surface area contributed by atoms with Crippen LogP contribution in [0.5, 0.6) is 0 Å². The van der Waals surface area contributed by atoms with E-state index in [0.29, 0.717) is 0 Å². The molecule has 2 aromatic rings. The Morgan fingerprint density at radius 3 is 2.35 bits per heavy atom. The van der Waals surface area contributed by atoms with Crippen LogP contribution in [0.15, 0.2) is 36.7 Å². The Balaban J connectivity index is 2.21. The predicted molar refractivity (Wildman–Crippen MR) is 71.5 cm³/mol. The van der Waals surface area contributed by atoms with Crippen molar-refractivity contribution < 1.29 is 0 Å². The number of hydrogen-bond donors (Lipinski definition) is 1. The van der Waals surface area contributed by atoms with Crippen LogP contribution >= 0.6 is 0 Å². The van der Waals surface area contributed by atoms with Crippen LogP contribution in [0, 0.1) is 5.41 Å². The lowest BCUT2D eigenvalue weighted by Gasteiger charge is -2.17. The molecule has 0 amide bonds. The fraction of sp³-hybridized carbons (Fsp3) is 0.357. The number of nitrogen functional groups attached to an aromatic ring is 1. The molecule has 0 aliphatic heterocycles. The van der Waals surface area contributed by atoms with Crippen LogP contribution in [-0.4, -0.2) is 9.78 Å². The quantitative estimate of drug-likeness (QED) is 0.804. The van der Waals surface area contributed by atoms with Crippen molar-refractivity contribution in [1.29, 1.82) is 0 Å². The summed E-state index contributed by atoms with van der Waals surface area (Å²) in [4.78, 5) is 0. The lowest BCUT2D eigenvalue weighted by Crippen LogP contribution is -2.15. The highest BCUT2D eigenvalue weighted by atomic mass is 15.3. The molecule has 17 heavy (non-hydrogen) atoms. The molecule has 0 bridgehead atoms. The topological polar surface area (TPSA) is 43.8 Å². The van der Waals surface area contributed by atoms with E-state index in [0.717, 1.165) is 23.4 Å². The Morgan fingerprint density at radius 2 is 1.76 bits per heavy atom. The second-order valence-corrected chi connectivity index (χ2v) is 5.61. The van der Waals surface area contributed by atoms with Crippen LogP contribution in [0.25, 0.3) is 11.1 Å². The molecule has 0 spiro atoms. The van der Waals surface area contributed by atoms with Crippen LogP contribution in [0.3, 0.4) is 0 Å². The van der Waals surface area contributed by atoms with Crippen molar-refractivity contribution in [3.05, 3.63) is 36.7 Å². The molecule has 2 N–H and O–H groups in total. The Labute approximate surface area is 102 Å². The summed E-state index contributed by atoms with van der Waals surface area (Å²) in [6.07, 6.45) is 3.98. The van der Waals surface area contributed by atoms with E-state index in [1.807, 2.05) is 35.1 Å². The van der Waals surface area contributed by atoms with E-state index in [1.165, 1.54) is 0 Å². The Kier molecular flexibility index (Phi) is 2.92. The highest BCUT2D eigenvalue weighted by Crippen LogP contribution is 2.22. The average Bonchev–Trinajstić information content (AvgIpc) is 2.64. The smallest absolute Gasteiger partial charge is 0.0568 e. The molecule has 0 saturated carbocycles. The van der Waals surface area contributed by atoms with Crippen LogP contribution < -0.4 is 5.73 Å². The van der Waals surface area contributed by atoms with Crippen molar-refractivity contribution in [3.63, 3.8) is 0 Å². The van der Waals surface area contributed by atoms with Gasteiger partial charge in [-0.15, -0.1) is 0 Å². The van der Waals surface area contributed by atoms with Crippen molar-refractivity contribution in [2.24, 2.45) is 5.41 Å². The first kappa shape index (κ1) is 11.7. The fourth-order valence-electron chi connectivity index (χ4n) is 1.76. The van der Waals surface area contributed by atoms with Gasteiger partial charge in [-0.3, -0.25) is 4.68 Å². The summed E-state index contributed by atoms with van der Waals surface area (Å²) in [5.74, 6) is 0. The molecule has 0 aliphatic rings. The number of hydrogen-bond acceptors (Lipinski definition) is 2. The number of nitrogens with zero attached hydrogens (tertiary/aromatic N) is 2. The second-order valence-electron chi connectivity index (χ2n) is 5.61. The minimum Gasteiger partial charge on any atom is -0.399 e. The van der Waals surface area contributed by atoms with Gasteiger partial charge < -0.3 is 5.73 Å². The van der Waals surface area contributed by atoms with Gasteiger partial charge in [0.15, 0.2) is 0 Å². The Morgan fingerprint density at radius 1 is 1.12 bits per heavy atom. The van der Waals surface area contributed by atoms with E-state index < -0.39 is 0 Å². The van der Waals surface area contributed by atoms with Crippen LogP contribution in [0.1, 0.15) is 20.8 Å². The number of benzene rings is 1. The molecule has 1 heterocycles. The van der Waals surface area contributed by atoms with Gasteiger partial charge in [0.05, 0.1) is 6.20 Å². The van der Waals surface area contributed by atoms with Gasteiger partial charge >= 0.3 is 0 Å². The summed E-state index contributed by atoms with van der Waals surface area (Å²) in [7, 11) is 0. The van der Waals surface area contributed by atoms with Gasteiger partial charge in [0.2, 0.25) is 0 Å². The van der Waals surface area contributed by atoms with Gasteiger partial charge in [0.1, 0.15) is 0 Å². The van der Waals surface area contributed by atoms with Crippen LogP contribution in [0.2, 0.25) is 0 Å². The minimum atomic E-state index is 0.240. The SMILES string of the molecule is CC(C)(C)Cn1cc(-c2ccc(N)cc2)cn1. The molecule has 1 aromatic heterocycles. The standard InChI is InChI=1S/C14H19N3/c1-14(2,3)10-17-9-12(8-16-17)11-4-6-13(15)7-5-11/h4-9H,10,15H2,1-3H3. The molecule has 0 unspecified atom stereocenters. The maximum absolute atomic E-state index is 5.67. The molecule has 1 aromatic carbocycles. The molecule has 3 heteroatoms. The van der Waals surface area contributed by atoms with Crippen molar-refractivity contribution >= 4 is 5.69 Å². The van der Waals surface area contributed by atoms with E-state index in [1.54, 1.807) is 0 Å². The van der Waals surface area contributed by atoms with E-state index in [4.69, 9.17) is 5.73 Å². The van der Waals surface area contributed by atoms with Gasteiger partial charge in [-0.2, -0.15) is 5.10 Å². The summed E-state index contributed by atoms with van der Waals surface area (Å²) in [6.45, 7) is 7.54. The number of anilines is 1. The number of aromatic nitrogens is 2. The van der Waals surface area contributed by atoms with Crippen molar-refractivity contribution in [2.45, 2.75) is 27.3 Å². The predicted octanol–water partition coefficient (Wildman–Crippen LogP) is 3.18. The van der Waals surface area contributed by atoms with Gasteiger partial charge in [-0.05, 0) is 23.1 Å². The van der Waals surface area contributed by atoms with Gasteiger partial charge in [0, 0.05) is 24.0 Å². The first-order valence-electron chi connectivity index (χ1n) is 5.82. The van der Waals surface area contributed by atoms with Gasteiger partial charge in [-0.1, -0.05) is 32.9 Å². The lowest BCUT2D eigenvalue weighted by molar-refractivity contribution is 0.325. The first-order valence-corrected chi connectivity index (χ1v) is 5.82. The summed E-state index contributed by atoms with van der Waals surface area (Å²) in [5.41, 5.74) is 8.99. The maximum atomic E-state index is 5.67. The van der Waals surface area contributed by atoms with Crippen molar-refractivity contribution in [2.75, 3.05) is 5.73 Å². The molecule has 0 aliphatic carbocycles. The highest BCUT2D eigenvalue weighted by Gasteiger charge is 2.12. The van der Waals surface area contributed by atoms with Gasteiger partial charge in [-0.25, -0.2) is 0 Å². The highest BCUT2D eigenvalue weighted by molar-refractivity contribution is 5.63. The zero-order valence-corrected chi connectivity index (χ0v) is 10.6. The van der Waals surface area contributed by atoms with Crippen LogP contribution in [0.4, 0.5) is 5.69 Å². The maximum Gasteiger partial charge on any atom is 0.0568 e. The minimum absolute atomic E-state index is 0.240. The second kappa shape index (κ2) is 4.24. The molecular formula is C14H19N3. The van der Waals surface area contributed by atoms with Gasteiger partial charge in [0.25, 0.3) is 0 Å². The third-order valence-corrected chi connectivity index (χ3v) is 2.51. The molecule has 90 valence electrons. The zero-order valence-electron chi connectivity index (χ0n) is 10.6. The van der Waals surface area contributed by atoms with Crippen molar-refractivity contribution in [1.82, 2.24) is 9.78 Å². The molecule has 0 fully saturated rings. The molecular weight excluding hydrogens is 210 g/mol. The average molecular weight is 229 g/mol. The van der Waals surface area contributed by atoms with E-state index in [2.05, 4.69) is 32.1 Å². The monoisotopic (exact) mass is 229 g/mol. The third kappa shape index (κ3) is 3.09. The third-order valence-electron chi connectivity index (χ3n) is 2.51. The Hall–Kier alpha value is -1.77. The Bertz CT molecular complexity index is 489. The molecule has 0 atom stereocenters. The summed E-state index contributed by atoms with van der Waals surface area (Å²) in [5, 5.41) is 4.39. The van der Waals surface area contributed by atoms with E-state index in [-0.39, 0.29) is 5.41 Å². The fourth-order valence-corrected chi connectivity index (χ4v) is 1.76. The molecule has 0 radical (unpaired) electrons. The molecule has 0 saturated heterocycles. The first-order chi connectivity index (χ1) is 7.94. The summed E-state index contributed by atoms with van der Waals surface area (Å²) >= 11 is 0. The lowest BCUT2D eigenvalue weighted by atomic mass is 9.97. The largest absolute Gasteiger partial charge is 0.399 e. The number of nitrogens with two attached hydrogens (primary N) is 1. The normalized spacial score (nSPS) is 11.7. The molecule has 3 nitrogen and oxygen atoms in total.